The number of rotatable bonds is 6. The van der Waals surface area contributed by atoms with Crippen molar-refractivity contribution in [2.45, 2.75) is 13.8 Å². The van der Waals surface area contributed by atoms with Crippen molar-refractivity contribution in [1.29, 1.82) is 0 Å². The number of nitro benzene ring substituents is 3. The van der Waals surface area contributed by atoms with Crippen LogP contribution in [0.3, 0.4) is 0 Å². The van der Waals surface area contributed by atoms with Crippen LogP contribution in [-0.4, -0.2) is 33.1 Å². The van der Waals surface area contributed by atoms with E-state index in [1.165, 1.54) is 0 Å². The summed E-state index contributed by atoms with van der Waals surface area (Å²) in [6.07, 6.45) is 0. The number of carbonyl (C=O) groups is 2. The molecule has 0 aromatic heterocycles. The van der Waals surface area contributed by atoms with Crippen molar-refractivity contribution in [3.63, 3.8) is 0 Å². The third-order valence-corrected chi connectivity index (χ3v) is 4.35. The van der Waals surface area contributed by atoms with Crippen molar-refractivity contribution < 1.29 is 29.1 Å². The second-order valence-electron chi connectivity index (χ2n) is 6.90. The molecule has 12 heteroatoms. The third-order valence-electron chi connectivity index (χ3n) is 4.35. The van der Waals surface area contributed by atoms with Gasteiger partial charge in [-0.3, -0.25) is 35.1 Å². The van der Waals surface area contributed by atoms with Crippen LogP contribution in [0.25, 0.3) is 11.1 Å². The van der Waals surface area contributed by atoms with E-state index in [2.05, 4.69) is 0 Å². The molecule has 0 radical (unpaired) electrons. The number of benzene rings is 2. The number of nitro groups is 3. The first-order valence-corrected chi connectivity index (χ1v) is 8.54. The molecular formula is C18H13N3O9. The van der Waals surface area contributed by atoms with Gasteiger partial charge in [-0.2, -0.15) is 0 Å². The van der Waals surface area contributed by atoms with Gasteiger partial charge in [-0.15, -0.1) is 0 Å². The highest BCUT2D eigenvalue weighted by molar-refractivity contribution is 6.26. The summed E-state index contributed by atoms with van der Waals surface area (Å²) in [5, 5.41) is 34.0. The van der Waals surface area contributed by atoms with Gasteiger partial charge in [0.1, 0.15) is 0 Å². The van der Waals surface area contributed by atoms with Crippen LogP contribution in [0.2, 0.25) is 0 Å². The fourth-order valence-corrected chi connectivity index (χ4v) is 3.11. The maximum Gasteiger partial charge on any atom is 0.339 e. The van der Waals surface area contributed by atoms with Crippen LogP contribution >= 0.6 is 0 Å². The Balaban J connectivity index is 2.35. The second-order valence-corrected chi connectivity index (χ2v) is 6.90. The number of fused-ring (bicyclic) bond motifs is 3. The van der Waals surface area contributed by atoms with E-state index in [0.717, 1.165) is 18.2 Å². The van der Waals surface area contributed by atoms with Gasteiger partial charge in [0.15, 0.2) is 5.78 Å². The molecule has 0 saturated carbocycles. The minimum Gasteiger partial charge on any atom is -0.462 e. The molecule has 0 heterocycles. The number of ketones is 1. The Hall–Kier alpha value is -4.22. The van der Waals surface area contributed by atoms with Gasteiger partial charge < -0.3 is 4.74 Å². The summed E-state index contributed by atoms with van der Waals surface area (Å²) in [7, 11) is 0. The quantitative estimate of drug-likeness (QED) is 0.332. The molecule has 0 fully saturated rings. The lowest BCUT2D eigenvalue weighted by Gasteiger charge is -2.11. The van der Waals surface area contributed by atoms with Crippen LogP contribution in [0.15, 0.2) is 24.3 Å². The van der Waals surface area contributed by atoms with Gasteiger partial charge in [0.05, 0.1) is 38.6 Å². The fraction of sp³-hybridized carbons (Fsp3) is 0.222. The molecular weight excluding hydrogens is 402 g/mol. The molecule has 154 valence electrons. The van der Waals surface area contributed by atoms with E-state index < -0.39 is 49.1 Å². The summed E-state index contributed by atoms with van der Waals surface area (Å²) in [6, 6.07) is 3.27. The Morgan fingerprint density at radius 3 is 1.93 bits per heavy atom. The number of hydrogen-bond donors (Lipinski definition) is 0. The lowest BCUT2D eigenvalue weighted by atomic mass is 9.97. The van der Waals surface area contributed by atoms with Gasteiger partial charge in [-0.05, 0) is 5.92 Å². The van der Waals surface area contributed by atoms with Gasteiger partial charge in [0, 0.05) is 34.9 Å². The van der Waals surface area contributed by atoms with Crippen molar-refractivity contribution >= 4 is 28.8 Å². The number of nitrogens with zero attached hydrogens (tertiary/aromatic N) is 3. The maximum absolute atomic E-state index is 12.8. The van der Waals surface area contributed by atoms with Gasteiger partial charge in [-0.25, -0.2) is 4.79 Å². The van der Waals surface area contributed by atoms with E-state index in [0.29, 0.717) is 6.07 Å². The SMILES string of the molecule is CC(C)COC(=O)c1cc([N+](=O)[O-])cc2c1-c1c(cc([N+](=O)[O-])cc1[N+](=O)[O-])C2=O. The average molecular weight is 415 g/mol. The lowest BCUT2D eigenvalue weighted by molar-refractivity contribution is -0.393. The zero-order valence-corrected chi connectivity index (χ0v) is 15.6. The smallest absolute Gasteiger partial charge is 0.339 e. The highest BCUT2D eigenvalue weighted by Gasteiger charge is 2.40. The first-order chi connectivity index (χ1) is 14.0. The van der Waals surface area contributed by atoms with Gasteiger partial charge in [-0.1, -0.05) is 13.8 Å². The number of ether oxygens (including phenoxy) is 1. The largest absolute Gasteiger partial charge is 0.462 e. The zero-order valence-electron chi connectivity index (χ0n) is 15.6. The number of carbonyl (C=O) groups excluding carboxylic acids is 2. The number of non-ortho nitro benzene ring substituents is 2. The average Bonchev–Trinajstić information content (AvgIpc) is 2.96. The molecule has 0 spiro atoms. The van der Waals surface area contributed by atoms with E-state index in [4.69, 9.17) is 4.74 Å². The second kappa shape index (κ2) is 7.31. The minimum absolute atomic E-state index is 0.0283. The molecule has 12 nitrogen and oxygen atoms in total. The van der Waals surface area contributed by atoms with Gasteiger partial charge in [0.2, 0.25) is 0 Å². The Morgan fingerprint density at radius 1 is 0.900 bits per heavy atom. The third kappa shape index (κ3) is 3.34. The molecule has 2 aromatic rings. The first kappa shape index (κ1) is 20.5. The molecule has 0 unspecified atom stereocenters. The molecule has 0 N–H and O–H groups in total. The van der Waals surface area contributed by atoms with E-state index in [1.807, 2.05) is 0 Å². The van der Waals surface area contributed by atoms with Crippen molar-refractivity contribution in [3.05, 3.63) is 71.3 Å². The lowest BCUT2D eigenvalue weighted by Crippen LogP contribution is -2.12. The van der Waals surface area contributed by atoms with Crippen molar-refractivity contribution in [1.82, 2.24) is 0 Å². The van der Waals surface area contributed by atoms with Crippen LogP contribution < -0.4 is 0 Å². The van der Waals surface area contributed by atoms with Crippen LogP contribution in [0.5, 0.6) is 0 Å². The first-order valence-electron chi connectivity index (χ1n) is 8.54. The fourth-order valence-electron chi connectivity index (χ4n) is 3.11. The highest BCUT2D eigenvalue weighted by atomic mass is 16.6. The Morgan fingerprint density at radius 2 is 1.43 bits per heavy atom. The molecule has 0 saturated heterocycles. The summed E-state index contributed by atoms with van der Waals surface area (Å²) < 4.78 is 5.11. The molecule has 0 bridgehead atoms. The Kier molecular flexibility index (Phi) is 5.00. The van der Waals surface area contributed by atoms with E-state index in [9.17, 15) is 39.9 Å². The van der Waals surface area contributed by atoms with Crippen LogP contribution in [0, 0.1) is 36.3 Å². The van der Waals surface area contributed by atoms with Crippen molar-refractivity contribution in [3.8, 4) is 11.1 Å². The Bertz CT molecular complexity index is 1150. The maximum atomic E-state index is 12.8. The minimum atomic E-state index is -1.00. The monoisotopic (exact) mass is 415 g/mol. The van der Waals surface area contributed by atoms with Crippen LogP contribution in [-0.2, 0) is 4.74 Å². The molecule has 1 aliphatic rings. The molecule has 1 aliphatic carbocycles. The van der Waals surface area contributed by atoms with E-state index >= 15 is 0 Å². The number of esters is 1. The predicted octanol–water partition coefficient (Wildman–Crippen LogP) is 3.44. The standard InChI is InChI=1S/C18H13N3O9/c1-8(2)7-30-18(23)13-5-9(19(24)25)3-11-15(13)16-12(17(11)22)4-10(20(26)27)6-14(16)21(28)29/h3-6,8H,7H2,1-2H3. The molecule has 3 rings (SSSR count). The normalized spacial score (nSPS) is 11.8. The van der Waals surface area contributed by atoms with Gasteiger partial charge in [0.25, 0.3) is 17.1 Å². The van der Waals surface area contributed by atoms with Gasteiger partial charge >= 0.3 is 5.97 Å². The summed E-state index contributed by atoms with van der Waals surface area (Å²) in [5.41, 5.74) is -3.69. The molecule has 0 aliphatic heterocycles. The van der Waals surface area contributed by atoms with Crippen LogP contribution in [0.1, 0.15) is 40.1 Å². The summed E-state index contributed by atoms with van der Waals surface area (Å²) in [4.78, 5) is 56.8. The molecule has 0 amide bonds. The zero-order chi connectivity index (χ0) is 22.3. The Labute approximate surface area is 167 Å². The topological polar surface area (TPSA) is 173 Å². The molecule has 2 aromatic carbocycles. The molecule has 0 atom stereocenters. The van der Waals surface area contributed by atoms with E-state index in [1.54, 1.807) is 13.8 Å². The molecule has 30 heavy (non-hydrogen) atoms. The van der Waals surface area contributed by atoms with Crippen molar-refractivity contribution in [2.75, 3.05) is 6.61 Å². The van der Waals surface area contributed by atoms with Crippen molar-refractivity contribution in [2.24, 2.45) is 5.92 Å². The van der Waals surface area contributed by atoms with Crippen LogP contribution in [0.4, 0.5) is 17.1 Å². The van der Waals surface area contributed by atoms with E-state index in [-0.39, 0.29) is 34.8 Å². The predicted molar refractivity (Wildman–Crippen MR) is 100 cm³/mol. The summed E-state index contributed by atoms with van der Waals surface area (Å²) in [6.45, 7) is 3.49. The highest BCUT2D eigenvalue weighted by Crippen LogP contribution is 2.47. The number of hydrogen-bond acceptors (Lipinski definition) is 9. The summed E-state index contributed by atoms with van der Waals surface area (Å²) in [5.74, 6) is -1.96. The summed E-state index contributed by atoms with van der Waals surface area (Å²) >= 11 is 0.